The summed E-state index contributed by atoms with van der Waals surface area (Å²) in [7, 11) is -2.87. The van der Waals surface area contributed by atoms with Crippen molar-refractivity contribution >= 4 is 21.4 Å². The molecular weight excluding hydrogens is 220 g/mol. The lowest BCUT2D eigenvalue weighted by Gasteiger charge is -2.02. The quantitative estimate of drug-likeness (QED) is 0.799. The van der Waals surface area contributed by atoms with Gasteiger partial charge in [0.25, 0.3) is 0 Å². The third kappa shape index (κ3) is 3.68. The molecular formula is C10H13ClO2S. The Hall–Kier alpha value is -0.540. The number of aryl methyl sites for hydroxylation is 1. The minimum absolute atomic E-state index is 0.198. The first-order chi connectivity index (χ1) is 6.53. The van der Waals surface area contributed by atoms with Gasteiger partial charge in [-0.25, -0.2) is 8.42 Å². The standard InChI is InChI=1S/C10H13ClO2S/c1-2-14(12,13)7-6-9-4-3-5-10(11)8-9/h3-5,8H,2,6-7H2,1H3. The van der Waals surface area contributed by atoms with Crippen molar-refractivity contribution in [2.75, 3.05) is 11.5 Å². The van der Waals surface area contributed by atoms with Gasteiger partial charge in [-0.3, -0.25) is 0 Å². The molecule has 4 heteroatoms. The summed E-state index contributed by atoms with van der Waals surface area (Å²) < 4.78 is 22.4. The van der Waals surface area contributed by atoms with Gasteiger partial charge in [-0.15, -0.1) is 0 Å². The predicted octanol–water partition coefficient (Wildman–Crippen LogP) is 2.32. The van der Waals surface area contributed by atoms with Crippen molar-refractivity contribution in [3.05, 3.63) is 34.9 Å². The van der Waals surface area contributed by atoms with Gasteiger partial charge in [0.05, 0.1) is 5.75 Å². The Labute approximate surface area is 89.8 Å². The molecule has 1 rings (SSSR count). The number of benzene rings is 1. The van der Waals surface area contributed by atoms with Crippen molar-refractivity contribution in [2.24, 2.45) is 0 Å². The van der Waals surface area contributed by atoms with E-state index in [1.165, 1.54) is 0 Å². The van der Waals surface area contributed by atoms with Gasteiger partial charge in [-0.1, -0.05) is 30.7 Å². The molecule has 78 valence electrons. The maximum absolute atomic E-state index is 11.2. The summed E-state index contributed by atoms with van der Waals surface area (Å²) in [6, 6.07) is 7.29. The van der Waals surface area contributed by atoms with E-state index in [-0.39, 0.29) is 11.5 Å². The lowest BCUT2D eigenvalue weighted by atomic mass is 10.2. The normalized spacial score (nSPS) is 11.6. The van der Waals surface area contributed by atoms with Gasteiger partial charge in [0.15, 0.2) is 0 Å². The second-order valence-corrected chi connectivity index (χ2v) is 6.03. The summed E-state index contributed by atoms with van der Waals surface area (Å²) in [5, 5.41) is 0.649. The average Bonchev–Trinajstić information content (AvgIpc) is 2.15. The number of rotatable bonds is 4. The highest BCUT2D eigenvalue weighted by molar-refractivity contribution is 7.91. The van der Waals surface area contributed by atoms with E-state index in [1.54, 1.807) is 19.1 Å². The summed E-state index contributed by atoms with van der Waals surface area (Å²) in [5.74, 6) is 0.400. The largest absolute Gasteiger partial charge is 0.229 e. The molecule has 0 aliphatic heterocycles. The SMILES string of the molecule is CCS(=O)(=O)CCc1cccc(Cl)c1. The molecule has 0 saturated carbocycles. The molecule has 1 aromatic rings. The zero-order valence-corrected chi connectivity index (χ0v) is 9.61. The van der Waals surface area contributed by atoms with Crippen molar-refractivity contribution in [1.29, 1.82) is 0 Å². The zero-order valence-electron chi connectivity index (χ0n) is 8.03. The van der Waals surface area contributed by atoms with Crippen molar-refractivity contribution in [2.45, 2.75) is 13.3 Å². The predicted molar refractivity (Wildman–Crippen MR) is 59.5 cm³/mol. The second kappa shape index (κ2) is 4.80. The van der Waals surface area contributed by atoms with Crippen LogP contribution in [-0.4, -0.2) is 19.9 Å². The topological polar surface area (TPSA) is 34.1 Å². The van der Waals surface area contributed by atoms with Crippen LogP contribution in [0.15, 0.2) is 24.3 Å². The van der Waals surface area contributed by atoms with Gasteiger partial charge in [-0.2, -0.15) is 0 Å². The smallest absolute Gasteiger partial charge is 0.150 e. The van der Waals surface area contributed by atoms with Crippen molar-refractivity contribution in [1.82, 2.24) is 0 Å². The first-order valence-electron chi connectivity index (χ1n) is 4.48. The van der Waals surface area contributed by atoms with Crippen molar-refractivity contribution in [3.8, 4) is 0 Å². The highest BCUT2D eigenvalue weighted by Gasteiger charge is 2.07. The summed E-state index contributed by atoms with van der Waals surface area (Å²) in [5.41, 5.74) is 0.967. The van der Waals surface area contributed by atoms with Gasteiger partial charge < -0.3 is 0 Å². The minimum atomic E-state index is -2.87. The van der Waals surface area contributed by atoms with E-state index in [1.807, 2.05) is 12.1 Å². The molecule has 2 nitrogen and oxygen atoms in total. The van der Waals surface area contributed by atoms with Crippen LogP contribution in [0, 0.1) is 0 Å². The van der Waals surface area contributed by atoms with E-state index < -0.39 is 9.84 Å². The van der Waals surface area contributed by atoms with E-state index in [2.05, 4.69) is 0 Å². The number of hydrogen-bond acceptors (Lipinski definition) is 2. The fourth-order valence-electron chi connectivity index (χ4n) is 1.11. The average molecular weight is 233 g/mol. The van der Waals surface area contributed by atoms with Crippen LogP contribution in [0.3, 0.4) is 0 Å². The van der Waals surface area contributed by atoms with Crippen LogP contribution in [0.25, 0.3) is 0 Å². The Morgan fingerprint density at radius 3 is 2.64 bits per heavy atom. The van der Waals surface area contributed by atoms with Crippen LogP contribution in [0.1, 0.15) is 12.5 Å². The van der Waals surface area contributed by atoms with Crippen LogP contribution in [0.4, 0.5) is 0 Å². The molecule has 0 bridgehead atoms. The van der Waals surface area contributed by atoms with Crippen LogP contribution in [0.5, 0.6) is 0 Å². The van der Waals surface area contributed by atoms with E-state index in [0.29, 0.717) is 11.4 Å². The highest BCUT2D eigenvalue weighted by atomic mass is 35.5. The van der Waals surface area contributed by atoms with Crippen LogP contribution < -0.4 is 0 Å². The van der Waals surface area contributed by atoms with Crippen LogP contribution in [0.2, 0.25) is 5.02 Å². The van der Waals surface area contributed by atoms with E-state index in [9.17, 15) is 8.42 Å². The molecule has 0 aliphatic carbocycles. The Kier molecular flexibility index (Phi) is 3.96. The summed E-state index contributed by atoms with van der Waals surface area (Å²) in [6.45, 7) is 1.66. The summed E-state index contributed by atoms with van der Waals surface area (Å²) in [6.07, 6.45) is 0.538. The molecule has 0 aliphatic rings. The fourth-order valence-corrected chi connectivity index (χ4v) is 2.16. The van der Waals surface area contributed by atoms with Gasteiger partial charge in [0.1, 0.15) is 9.84 Å². The molecule has 0 spiro atoms. The van der Waals surface area contributed by atoms with Gasteiger partial charge in [0, 0.05) is 10.8 Å². The van der Waals surface area contributed by atoms with Gasteiger partial charge in [-0.05, 0) is 24.1 Å². The zero-order chi connectivity index (χ0) is 10.6. The molecule has 0 fully saturated rings. The molecule has 14 heavy (non-hydrogen) atoms. The number of halogens is 1. The lowest BCUT2D eigenvalue weighted by molar-refractivity contribution is 0.596. The maximum atomic E-state index is 11.2. The molecule has 0 amide bonds. The lowest BCUT2D eigenvalue weighted by Crippen LogP contribution is -2.10. The highest BCUT2D eigenvalue weighted by Crippen LogP contribution is 2.11. The van der Waals surface area contributed by atoms with E-state index in [0.717, 1.165) is 5.56 Å². The first-order valence-corrected chi connectivity index (χ1v) is 6.68. The minimum Gasteiger partial charge on any atom is -0.229 e. The number of sulfone groups is 1. The van der Waals surface area contributed by atoms with Crippen molar-refractivity contribution in [3.63, 3.8) is 0 Å². The first kappa shape index (κ1) is 11.5. The van der Waals surface area contributed by atoms with Crippen molar-refractivity contribution < 1.29 is 8.42 Å². The van der Waals surface area contributed by atoms with E-state index in [4.69, 9.17) is 11.6 Å². The molecule has 1 aromatic carbocycles. The fraction of sp³-hybridized carbons (Fsp3) is 0.400. The van der Waals surface area contributed by atoms with Gasteiger partial charge in [0.2, 0.25) is 0 Å². The molecule has 0 saturated heterocycles. The molecule has 0 aromatic heterocycles. The Morgan fingerprint density at radius 2 is 2.07 bits per heavy atom. The molecule has 0 heterocycles. The third-order valence-electron chi connectivity index (χ3n) is 2.03. The summed E-state index contributed by atoms with van der Waals surface area (Å²) >= 11 is 5.78. The molecule has 0 unspecified atom stereocenters. The third-order valence-corrected chi connectivity index (χ3v) is 3.97. The molecule has 0 N–H and O–H groups in total. The second-order valence-electron chi connectivity index (χ2n) is 3.12. The Bertz CT molecular complexity index is 398. The van der Waals surface area contributed by atoms with Crippen LogP contribution >= 0.6 is 11.6 Å². The van der Waals surface area contributed by atoms with Crippen LogP contribution in [-0.2, 0) is 16.3 Å². The summed E-state index contributed by atoms with van der Waals surface area (Å²) in [4.78, 5) is 0. The monoisotopic (exact) mass is 232 g/mol. The molecule has 0 atom stereocenters. The maximum Gasteiger partial charge on any atom is 0.150 e. The Morgan fingerprint density at radius 1 is 1.36 bits per heavy atom. The van der Waals surface area contributed by atoms with E-state index >= 15 is 0 Å². The molecule has 0 radical (unpaired) electrons. The number of hydrogen-bond donors (Lipinski definition) is 0. The van der Waals surface area contributed by atoms with Gasteiger partial charge >= 0.3 is 0 Å². The Balaban J connectivity index is 2.63.